The van der Waals surface area contributed by atoms with E-state index in [4.69, 9.17) is 34.8 Å². The van der Waals surface area contributed by atoms with E-state index in [-0.39, 0.29) is 32.0 Å². The van der Waals surface area contributed by atoms with Crippen LogP contribution in [0.15, 0.2) is 60.9 Å². The van der Waals surface area contributed by atoms with E-state index >= 15 is 0 Å². The smallest absolute Gasteiger partial charge is 0.166 e. The maximum atomic E-state index is 14.9. The third kappa shape index (κ3) is 4.79. The predicted molar refractivity (Wildman–Crippen MR) is 144 cm³/mol. The number of nitriles is 2. The molecule has 8 nitrogen and oxygen atoms in total. The van der Waals surface area contributed by atoms with Gasteiger partial charge in [0.1, 0.15) is 11.8 Å². The number of halogens is 4. The topological polar surface area (TPSA) is 126 Å². The molecule has 38 heavy (non-hydrogen) atoms. The molecule has 5 aromatic rings. The van der Waals surface area contributed by atoms with Gasteiger partial charge in [-0.3, -0.25) is 4.98 Å². The SMILES string of the molecule is N#Cc1cccc(C(Nc2cc(Cl)c3ncc(C#N)c(Nc4ccc(Cl)c(Cl)c4F)c3c2)c2cn[nH]n2)c1. The molecule has 0 bridgehead atoms. The Morgan fingerprint density at radius 2 is 1.82 bits per heavy atom. The standard InChI is InChI=1S/C26H14Cl3FN8/c27-18-4-5-20(23(30)22(18)29)36-24-15(10-32)11-33-26-17(24)7-16(8-19(26)28)35-25(21-12-34-38-37-21)14-3-1-2-13(6-14)9-31/h1-8,11-12,25,35H,(H,33,36)(H,34,37,38). The number of anilines is 3. The highest BCUT2D eigenvalue weighted by Gasteiger charge is 2.20. The van der Waals surface area contributed by atoms with Gasteiger partial charge in [-0.1, -0.05) is 46.9 Å². The van der Waals surface area contributed by atoms with Crippen LogP contribution in [0.3, 0.4) is 0 Å². The van der Waals surface area contributed by atoms with Crippen LogP contribution in [0.1, 0.15) is 28.4 Å². The quantitative estimate of drug-likeness (QED) is 0.187. The van der Waals surface area contributed by atoms with Crippen LogP contribution in [0.2, 0.25) is 15.1 Å². The number of hydrogen-bond donors (Lipinski definition) is 3. The fraction of sp³-hybridized carbons (Fsp3) is 0.0385. The van der Waals surface area contributed by atoms with Crippen molar-refractivity contribution in [3.63, 3.8) is 0 Å². The van der Waals surface area contributed by atoms with E-state index in [0.29, 0.717) is 27.8 Å². The summed E-state index contributed by atoms with van der Waals surface area (Å²) in [5.41, 5.74) is 3.21. The van der Waals surface area contributed by atoms with Crippen molar-refractivity contribution in [1.29, 1.82) is 10.5 Å². The average Bonchev–Trinajstić information content (AvgIpc) is 3.47. The number of H-pyrrole nitrogens is 1. The van der Waals surface area contributed by atoms with E-state index in [9.17, 15) is 14.9 Å². The molecule has 5 rings (SSSR count). The Balaban J connectivity index is 1.64. The monoisotopic (exact) mass is 562 g/mol. The molecule has 1 atom stereocenters. The second-order valence-corrected chi connectivity index (χ2v) is 9.26. The maximum absolute atomic E-state index is 14.9. The molecule has 12 heteroatoms. The summed E-state index contributed by atoms with van der Waals surface area (Å²) in [5.74, 6) is -0.767. The zero-order valence-electron chi connectivity index (χ0n) is 19.1. The number of aromatic amines is 1. The van der Waals surface area contributed by atoms with Crippen LogP contribution in [0, 0.1) is 28.5 Å². The van der Waals surface area contributed by atoms with E-state index in [1.807, 2.05) is 6.07 Å². The molecule has 0 saturated heterocycles. The Morgan fingerprint density at radius 3 is 2.55 bits per heavy atom. The normalized spacial score (nSPS) is 11.5. The van der Waals surface area contributed by atoms with Crippen molar-refractivity contribution in [2.24, 2.45) is 0 Å². The second kappa shape index (κ2) is 10.5. The molecule has 3 aromatic carbocycles. The van der Waals surface area contributed by atoms with Gasteiger partial charge < -0.3 is 10.6 Å². The van der Waals surface area contributed by atoms with Gasteiger partial charge in [0.15, 0.2) is 5.82 Å². The van der Waals surface area contributed by atoms with Gasteiger partial charge >= 0.3 is 0 Å². The third-order valence-electron chi connectivity index (χ3n) is 5.73. The lowest BCUT2D eigenvalue weighted by atomic mass is 10.0. The average molecular weight is 564 g/mol. The van der Waals surface area contributed by atoms with Gasteiger partial charge in [-0.05, 0) is 42.0 Å². The molecule has 0 spiro atoms. The van der Waals surface area contributed by atoms with Crippen molar-refractivity contribution in [3.05, 3.63) is 104 Å². The molecule has 0 fully saturated rings. The first-order valence-corrected chi connectivity index (χ1v) is 12.1. The zero-order valence-corrected chi connectivity index (χ0v) is 21.4. The van der Waals surface area contributed by atoms with Crippen LogP contribution in [-0.4, -0.2) is 20.4 Å². The summed E-state index contributed by atoms with van der Waals surface area (Å²) >= 11 is 18.5. The van der Waals surface area contributed by atoms with Crippen LogP contribution >= 0.6 is 34.8 Å². The van der Waals surface area contributed by atoms with Gasteiger partial charge in [0.2, 0.25) is 0 Å². The predicted octanol–water partition coefficient (Wildman–Crippen LogP) is 7.14. The molecule has 0 radical (unpaired) electrons. The van der Waals surface area contributed by atoms with Crippen molar-refractivity contribution in [2.75, 3.05) is 10.6 Å². The van der Waals surface area contributed by atoms with E-state index < -0.39 is 11.9 Å². The van der Waals surface area contributed by atoms with E-state index in [1.54, 1.807) is 36.5 Å². The number of nitrogens with one attached hydrogen (secondary N) is 3. The molecule has 1 unspecified atom stereocenters. The van der Waals surface area contributed by atoms with Crippen LogP contribution in [-0.2, 0) is 0 Å². The molecule has 2 aromatic heterocycles. The molecular weight excluding hydrogens is 550 g/mol. The molecular formula is C26H14Cl3FN8. The van der Waals surface area contributed by atoms with Gasteiger partial charge in [-0.25, -0.2) is 4.39 Å². The fourth-order valence-corrected chi connectivity index (χ4v) is 4.53. The lowest BCUT2D eigenvalue weighted by molar-refractivity contribution is 0.632. The molecule has 0 aliphatic heterocycles. The number of benzene rings is 3. The molecule has 0 saturated carbocycles. The van der Waals surface area contributed by atoms with Crippen molar-refractivity contribution in [2.45, 2.75) is 6.04 Å². The van der Waals surface area contributed by atoms with Crippen LogP contribution < -0.4 is 10.6 Å². The highest BCUT2D eigenvalue weighted by molar-refractivity contribution is 6.42. The van der Waals surface area contributed by atoms with Crippen LogP contribution in [0.25, 0.3) is 10.9 Å². The minimum absolute atomic E-state index is 0.0201. The van der Waals surface area contributed by atoms with Crippen molar-refractivity contribution < 1.29 is 4.39 Å². The zero-order chi connectivity index (χ0) is 26.8. The summed E-state index contributed by atoms with van der Waals surface area (Å²) in [6, 6.07) is 17.0. The Bertz CT molecular complexity index is 1760. The summed E-state index contributed by atoms with van der Waals surface area (Å²) in [6.07, 6.45) is 2.92. The Kier molecular flexibility index (Phi) is 6.99. The first-order chi connectivity index (χ1) is 18.4. The summed E-state index contributed by atoms with van der Waals surface area (Å²) in [7, 11) is 0. The van der Waals surface area contributed by atoms with E-state index in [1.165, 1.54) is 18.3 Å². The molecule has 0 amide bonds. The van der Waals surface area contributed by atoms with Gasteiger partial charge in [0.05, 0.1) is 61.4 Å². The van der Waals surface area contributed by atoms with Crippen molar-refractivity contribution >= 4 is 62.8 Å². The fourth-order valence-electron chi connectivity index (χ4n) is 3.95. The van der Waals surface area contributed by atoms with Crippen LogP contribution in [0.4, 0.5) is 21.5 Å². The first-order valence-electron chi connectivity index (χ1n) is 10.9. The number of hydrogen-bond acceptors (Lipinski definition) is 7. The minimum atomic E-state index is -0.767. The molecule has 2 heterocycles. The van der Waals surface area contributed by atoms with Crippen molar-refractivity contribution in [3.8, 4) is 12.1 Å². The third-order valence-corrected chi connectivity index (χ3v) is 6.80. The minimum Gasteiger partial charge on any atom is -0.373 e. The molecule has 3 N–H and O–H groups in total. The largest absolute Gasteiger partial charge is 0.373 e. The first kappa shape index (κ1) is 25.2. The summed E-state index contributed by atoms with van der Waals surface area (Å²) in [5, 5.41) is 36.7. The maximum Gasteiger partial charge on any atom is 0.166 e. The highest BCUT2D eigenvalue weighted by atomic mass is 35.5. The van der Waals surface area contributed by atoms with E-state index in [0.717, 1.165) is 5.56 Å². The Hall–Kier alpha value is -4.41. The number of fused-ring (bicyclic) bond motifs is 1. The number of pyridine rings is 1. The molecule has 0 aliphatic carbocycles. The number of nitrogens with zero attached hydrogens (tertiary/aromatic N) is 5. The van der Waals surface area contributed by atoms with Gasteiger partial charge in [0.25, 0.3) is 0 Å². The van der Waals surface area contributed by atoms with E-state index in [2.05, 4.69) is 43.2 Å². The van der Waals surface area contributed by atoms with Gasteiger partial charge in [-0.2, -0.15) is 25.9 Å². The Morgan fingerprint density at radius 1 is 0.974 bits per heavy atom. The van der Waals surface area contributed by atoms with Crippen molar-refractivity contribution in [1.82, 2.24) is 20.4 Å². The second-order valence-electron chi connectivity index (χ2n) is 8.07. The number of aromatic nitrogens is 4. The summed E-state index contributed by atoms with van der Waals surface area (Å²) < 4.78 is 14.9. The van der Waals surface area contributed by atoms with Gasteiger partial charge in [0, 0.05) is 17.3 Å². The lowest BCUT2D eigenvalue weighted by Crippen LogP contribution is -2.13. The molecule has 0 aliphatic rings. The lowest BCUT2D eigenvalue weighted by Gasteiger charge is -2.20. The molecule has 186 valence electrons. The summed E-state index contributed by atoms with van der Waals surface area (Å²) in [4.78, 5) is 4.33. The summed E-state index contributed by atoms with van der Waals surface area (Å²) in [6.45, 7) is 0. The van der Waals surface area contributed by atoms with Gasteiger partial charge in [-0.15, -0.1) is 0 Å². The number of rotatable bonds is 6. The van der Waals surface area contributed by atoms with Crippen LogP contribution in [0.5, 0.6) is 0 Å². The highest BCUT2D eigenvalue weighted by Crippen LogP contribution is 2.38. The Labute approximate surface area is 230 Å².